The Balaban J connectivity index is 1.67. The minimum absolute atomic E-state index is 0.188. The maximum absolute atomic E-state index is 12.5. The number of hydrogen-bond acceptors (Lipinski definition) is 4. The van der Waals surface area contributed by atoms with E-state index in [0.29, 0.717) is 19.5 Å². The van der Waals surface area contributed by atoms with Gasteiger partial charge >= 0.3 is 12.2 Å². The Bertz CT molecular complexity index is 890. The number of nitrogens with zero attached hydrogens (tertiary/aromatic N) is 1. The molecule has 1 N–H and O–H groups in total. The zero-order chi connectivity index (χ0) is 21.8. The van der Waals surface area contributed by atoms with Gasteiger partial charge in [-0.25, -0.2) is 9.59 Å². The van der Waals surface area contributed by atoms with Gasteiger partial charge < -0.3 is 19.7 Å². The topological polar surface area (TPSA) is 67.9 Å². The summed E-state index contributed by atoms with van der Waals surface area (Å²) >= 11 is 3.56. The van der Waals surface area contributed by atoms with Gasteiger partial charge in [0.25, 0.3) is 0 Å². The van der Waals surface area contributed by atoms with E-state index in [1.165, 1.54) is 0 Å². The molecule has 0 saturated carbocycles. The van der Waals surface area contributed by atoms with Crippen molar-refractivity contribution in [1.82, 2.24) is 10.2 Å². The fourth-order valence-electron chi connectivity index (χ4n) is 3.36. The summed E-state index contributed by atoms with van der Waals surface area (Å²) in [6.45, 7) is 6.38. The van der Waals surface area contributed by atoms with E-state index in [1.807, 2.05) is 75.4 Å². The van der Waals surface area contributed by atoms with E-state index in [-0.39, 0.29) is 12.7 Å². The van der Waals surface area contributed by atoms with Crippen LogP contribution in [0.25, 0.3) is 0 Å². The lowest BCUT2D eigenvalue weighted by atomic mass is 9.83. The Morgan fingerprint density at radius 3 is 2.33 bits per heavy atom. The number of nitrogens with one attached hydrogen (secondary N) is 1. The summed E-state index contributed by atoms with van der Waals surface area (Å²) in [5.74, 6) is 0. The zero-order valence-corrected chi connectivity index (χ0v) is 19.1. The van der Waals surface area contributed by atoms with Gasteiger partial charge in [0.15, 0.2) is 0 Å². The first-order valence-corrected chi connectivity index (χ1v) is 10.7. The fourth-order valence-corrected chi connectivity index (χ4v) is 3.78. The third-order valence-corrected chi connectivity index (χ3v) is 5.48. The first-order chi connectivity index (χ1) is 14.2. The number of alkyl carbamates (subject to hydrolysis) is 1. The van der Waals surface area contributed by atoms with Crippen molar-refractivity contribution in [2.45, 2.75) is 44.9 Å². The molecule has 2 amide bonds. The highest BCUT2D eigenvalue weighted by Gasteiger charge is 2.48. The Morgan fingerprint density at radius 1 is 1.07 bits per heavy atom. The van der Waals surface area contributed by atoms with Gasteiger partial charge in [0.1, 0.15) is 12.2 Å². The summed E-state index contributed by atoms with van der Waals surface area (Å²) in [5.41, 5.74) is 0.773. The van der Waals surface area contributed by atoms with Crippen LogP contribution in [0.4, 0.5) is 9.59 Å². The van der Waals surface area contributed by atoms with Crippen LogP contribution in [0.3, 0.4) is 0 Å². The number of likely N-dealkylation sites (tertiary alicyclic amines) is 1. The van der Waals surface area contributed by atoms with Crippen molar-refractivity contribution >= 4 is 28.1 Å². The first kappa shape index (κ1) is 22.2. The van der Waals surface area contributed by atoms with Crippen LogP contribution >= 0.6 is 15.9 Å². The van der Waals surface area contributed by atoms with Gasteiger partial charge in [-0.15, -0.1) is 0 Å². The average Bonchev–Trinajstić information content (AvgIpc) is 2.65. The predicted octanol–water partition coefficient (Wildman–Crippen LogP) is 4.91. The van der Waals surface area contributed by atoms with E-state index >= 15 is 0 Å². The summed E-state index contributed by atoms with van der Waals surface area (Å²) in [7, 11) is 0. The van der Waals surface area contributed by atoms with Crippen LogP contribution in [0.15, 0.2) is 59.1 Å². The third kappa shape index (κ3) is 5.98. The second-order valence-corrected chi connectivity index (χ2v) is 9.43. The minimum Gasteiger partial charge on any atom is -0.445 e. The summed E-state index contributed by atoms with van der Waals surface area (Å²) in [6, 6.07) is 17.4. The Morgan fingerprint density at radius 2 is 1.70 bits per heavy atom. The number of rotatable bonds is 5. The van der Waals surface area contributed by atoms with E-state index in [2.05, 4.69) is 21.2 Å². The molecule has 2 aromatic rings. The molecule has 2 aromatic carbocycles. The summed E-state index contributed by atoms with van der Waals surface area (Å²) in [5, 5.41) is 2.99. The number of carbonyl (C=O) groups excluding carboxylic acids is 2. The molecule has 3 rings (SSSR count). The number of ether oxygens (including phenoxy) is 2. The van der Waals surface area contributed by atoms with Crippen LogP contribution in [0.5, 0.6) is 0 Å². The molecule has 30 heavy (non-hydrogen) atoms. The predicted molar refractivity (Wildman–Crippen MR) is 118 cm³/mol. The first-order valence-electron chi connectivity index (χ1n) is 9.86. The lowest BCUT2D eigenvalue weighted by Crippen LogP contribution is -2.72. The number of hydrogen-bond donors (Lipinski definition) is 1. The molecule has 0 aliphatic carbocycles. The van der Waals surface area contributed by atoms with Crippen molar-refractivity contribution in [2.75, 3.05) is 13.1 Å². The van der Waals surface area contributed by atoms with Gasteiger partial charge in [0.05, 0.1) is 5.54 Å². The van der Waals surface area contributed by atoms with E-state index in [4.69, 9.17) is 9.47 Å². The van der Waals surface area contributed by atoms with Crippen molar-refractivity contribution in [3.05, 3.63) is 70.2 Å². The molecule has 0 radical (unpaired) electrons. The quantitative estimate of drug-likeness (QED) is 0.668. The van der Waals surface area contributed by atoms with Gasteiger partial charge in [-0.3, -0.25) is 0 Å². The van der Waals surface area contributed by atoms with Crippen LogP contribution < -0.4 is 5.32 Å². The monoisotopic (exact) mass is 474 g/mol. The third-order valence-electron chi connectivity index (χ3n) is 4.71. The van der Waals surface area contributed by atoms with E-state index < -0.39 is 17.2 Å². The largest absolute Gasteiger partial charge is 0.445 e. The van der Waals surface area contributed by atoms with Crippen LogP contribution in [0.2, 0.25) is 0 Å². The van der Waals surface area contributed by atoms with Gasteiger partial charge in [-0.2, -0.15) is 0 Å². The van der Waals surface area contributed by atoms with Crippen molar-refractivity contribution < 1.29 is 19.1 Å². The van der Waals surface area contributed by atoms with Gasteiger partial charge in [0, 0.05) is 24.0 Å². The van der Waals surface area contributed by atoms with Crippen LogP contribution in [0.1, 0.15) is 31.9 Å². The molecule has 0 unspecified atom stereocenters. The van der Waals surface area contributed by atoms with Crippen molar-refractivity contribution in [1.29, 1.82) is 0 Å². The molecule has 160 valence electrons. The lowest BCUT2D eigenvalue weighted by molar-refractivity contribution is -0.0169. The van der Waals surface area contributed by atoms with E-state index in [1.54, 1.807) is 4.90 Å². The number of halogens is 1. The molecule has 1 aliphatic heterocycles. The minimum atomic E-state index is -0.617. The maximum atomic E-state index is 12.5. The molecule has 6 nitrogen and oxygen atoms in total. The van der Waals surface area contributed by atoms with Gasteiger partial charge in [-0.05, 0) is 38.0 Å². The van der Waals surface area contributed by atoms with Crippen molar-refractivity contribution in [3.63, 3.8) is 0 Å². The van der Waals surface area contributed by atoms with Crippen LogP contribution in [0, 0.1) is 0 Å². The van der Waals surface area contributed by atoms with E-state index in [0.717, 1.165) is 15.6 Å². The molecule has 1 saturated heterocycles. The number of benzene rings is 2. The molecule has 0 aromatic heterocycles. The zero-order valence-electron chi connectivity index (χ0n) is 17.5. The summed E-state index contributed by atoms with van der Waals surface area (Å²) < 4.78 is 11.8. The van der Waals surface area contributed by atoms with Crippen LogP contribution in [-0.2, 0) is 22.5 Å². The number of amides is 2. The average molecular weight is 475 g/mol. The molecular weight excluding hydrogens is 448 g/mol. The summed E-state index contributed by atoms with van der Waals surface area (Å²) in [4.78, 5) is 26.5. The lowest BCUT2D eigenvalue weighted by Gasteiger charge is -2.50. The molecular formula is C23H27BrN2O4. The molecule has 1 fully saturated rings. The molecule has 1 aliphatic rings. The van der Waals surface area contributed by atoms with Gasteiger partial charge in [-0.1, -0.05) is 64.5 Å². The van der Waals surface area contributed by atoms with Crippen molar-refractivity contribution in [3.8, 4) is 0 Å². The van der Waals surface area contributed by atoms with Gasteiger partial charge in [0.2, 0.25) is 0 Å². The fraction of sp³-hybridized carbons (Fsp3) is 0.391. The molecule has 1 heterocycles. The highest BCUT2D eigenvalue weighted by atomic mass is 79.9. The second-order valence-electron chi connectivity index (χ2n) is 8.57. The highest BCUT2D eigenvalue weighted by molar-refractivity contribution is 9.10. The smallest absolute Gasteiger partial charge is 0.410 e. The maximum Gasteiger partial charge on any atom is 0.410 e. The standard InChI is InChI=1S/C23H27BrN2O4/c1-22(2,3)30-21(28)26-15-23(16-26,13-18-11-7-8-12-19(18)24)25-20(27)29-14-17-9-5-4-6-10-17/h4-12H,13-16H2,1-3H3,(H,25,27). The highest BCUT2D eigenvalue weighted by Crippen LogP contribution is 2.30. The molecule has 0 bridgehead atoms. The second kappa shape index (κ2) is 9.08. The SMILES string of the molecule is CC(C)(C)OC(=O)N1CC(Cc2ccccc2Br)(NC(=O)OCc2ccccc2)C1. The summed E-state index contributed by atoms with van der Waals surface area (Å²) in [6.07, 6.45) is -0.326. The van der Waals surface area contributed by atoms with Crippen molar-refractivity contribution in [2.24, 2.45) is 0 Å². The molecule has 0 atom stereocenters. The molecule has 7 heteroatoms. The number of carbonyl (C=O) groups is 2. The Kier molecular flexibility index (Phi) is 6.71. The Hall–Kier alpha value is -2.54. The van der Waals surface area contributed by atoms with Crippen LogP contribution in [-0.4, -0.2) is 41.3 Å². The normalized spacial score (nSPS) is 15.1. The Labute approximate surface area is 185 Å². The van der Waals surface area contributed by atoms with E-state index in [9.17, 15) is 9.59 Å². The molecule has 0 spiro atoms.